The van der Waals surface area contributed by atoms with Crippen LogP contribution in [0.25, 0.3) is 0 Å². The molecule has 0 unspecified atom stereocenters. The lowest BCUT2D eigenvalue weighted by Gasteiger charge is -2.43. The Morgan fingerprint density at radius 2 is 1.16 bits per heavy atom. The SMILES string of the molecule is C.CCOCC1(CC)CCC(=O)CC1.CCOCC1(CC)CCC2(CC1)OCCO2.Cl. The van der Waals surface area contributed by atoms with E-state index in [2.05, 4.69) is 20.8 Å². The number of halogens is 1. The number of carbonyl (C=O) groups excluding carboxylic acids is 1. The van der Waals surface area contributed by atoms with Crippen LogP contribution >= 0.6 is 12.4 Å². The second kappa shape index (κ2) is 14.8. The zero-order valence-electron chi connectivity index (χ0n) is 19.8. The zero-order chi connectivity index (χ0) is 21.2. The molecule has 0 N–H and O–H groups in total. The third-order valence-corrected chi connectivity index (χ3v) is 7.48. The van der Waals surface area contributed by atoms with Crippen LogP contribution in [0.15, 0.2) is 0 Å². The fourth-order valence-electron chi connectivity index (χ4n) is 4.84. The number of hydrogen-bond acceptors (Lipinski definition) is 5. The monoisotopic (exact) mass is 464 g/mol. The molecule has 0 radical (unpaired) electrons. The van der Waals surface area contributed by atoms with Crippen LogP contribution in [-0.4, -0.2) is 51.2 Å². The maximum Gasteiger partial charge on any atom is 0.168 e. The maximum atomic E-state index is 11.1. The Hall–Kier alpha value is -0.200. The molecule has 0 atom stereocenters. The molecule has 0 aromatic carbocycles. The molecule has 5 nitrogen and oxygen atoms in total. The van der Waals surface area contributed by atoms with Gasteiger partial charge in [0.25, 0.3) is 0 Å². The van der Waals surface area contributed by atoms with E-state index >= 15 is 0 Å². The van der Waals surface area contributed by atoms with Crippen LogP contribution in [-0.2, 0) is 23.7 Å². The number of ether oxygens (including phenoxy) is 4. The first-order valence-electron chi connectivity index (χ1n) is 11.9. The quantitative estimate of drug-likeness (QED) is 0.418. The summed E-state index contributed by atoms with van der Waals surface area (Å²) in [7, 11) is 0. The van der Waals surface area contributed by atoms with E-state index in [9.17, 15) is 4.79 Å². The van der Waals surface area contributed by atoms with Crippen LogP contribution in [0.5, 0.6) is 0 Å². The Labute approximate surface area is 197 Å². The molecular formula is C25H49ClO5. The van der Waals surface area contributed by atoms with Gasteiger partial charge in [-0.2, -0.15) is 0 Å². The minimum atomic E-state index is -0.231. The molecule has 3 fully saturated rings. The van der Waals surface area contributed by atoms with Gasteiger partial charge in [-0.3, -0.25) is 4.79 Å². The zero-order valence-corrected chi connectivity index (χ0v) is 20.6. The Balaban J connectivity index is 0.000000557. The van der Waals surface area contributed by atoms with Crippen molar-refractivity contribution in [3.63, 3.8) is 0 Å². The summed E-state index contributed by atoms with van der Waals surface area (Å²) in [6, 6.07) is 0. The Morgan fingerprint density at radius 1 is 0.742 bits per heavy atom. The van der Waals surface area contributed by atoms with Crippen molar-refractivity contribution in [3.05, 3.63) is 0 Å². The van der Waals surface area contributed by atoms with Crippen LogP contribution in [0, 0.1) is 10.8 Å². The van der Waals surface area contributed by atoms with E-state index in [0.29, 0.717) is 16.6 Å². The van der Waals surface area contributed by atoms with Gasteiger partial charge in [0, 0.05) is 38.9 Å². The lowest BCUT2D eigenvalue weighted by molar-refractivity contribution is -0.196. The smallest absolute Gasteiger partial charge is 0.168 e. The largest absolute Gasteiger partial charge is 0.381 e. The van der Waals surface area contributed by atoms with E-state index < -0.39 is 0 Å². The number of Topliss-reactive ketones (excluding diaryl/α,β-unsaturated/α-hetero) is 1. The van der Waals surface area contributed by atoms with Crippen molar-refractivity contribution < 1.29 is 23.7 Å². The summed E-state index contributed by atoms with van der Waals surface area (Å²) in [5.74, 6) is 0.200. The van der Waals surface area contributed by atoms with E-state index in [-0.39, 0.29) is 25.6 Å². The van der Waals surface area contributed by atoms with Gasteiger partial charge in [-0.15, -0.1) is 12.4 Å². The molecule has 6 heteroatoms. The number of rotatable bonds is 8. The van der Waals surface area contributed by atoms with Crippen molar-refractivity contribution in [3.8, 4) is 0 Å². The molecule has 186 valence electrons. The topological polar surface area (TPSA) is 54.0 Å². The summed E-state index contributed by atoms with van der Waals surface area (Å²) in [5, 5.41) is 0. The average molecular weight is 465 g/mol. The normalized spacial score (nSPS) is 23.3. The molecule has 0 amide bonds. The fourth-order valence-corrected chi connectivity index (χ4v) is 4.84. The Kier molecular flexibility index (Phi) is 14.8. The van der Waals surface area contributed by atoms with Crippen molar-refractivity contribution in [2.24, 2.45) is 10.8 Å². The summed E-state index contributed by atoms with van der Waals surface area (Å²) >= 11 is 0. The Bertz CT molecular complexity index is 470. The van der Waals surface area contributed by atoms with Crippen molar-refractivity contribution in [2.45, 2.75) is 105 Å². The van der Waals surface area contributed by atoms with Crippen LogP contribution in [0.3, 0.4) is 0 Å². The van der Waals surface area contributed by atoms with Gasteiger partial charge in [-0.25, -0.2) is 0 Å². The van der Waals surface area contributed by atoms with Gasteiger partial charge in [0.15, 0.2) is 5.79 Å². The molecule has 1 aliphatic heterocycles. The highest BCUT2D eigenvalue weighted by atomic mass is 35.5. The van der Waals surface area contributed by atoms with Crippen LogP contribution in [0.1, 0.15) is 99.3 Å². The number of ketones is 1. The predicted molar refractivity (Wildman–Crippen MR) is 129 cm³/mol. The first-order valence-corrected chi connectivity index (χ1v) is 11.9. The van der Waals surface area contributed by atoms with E-state index in [1.54, 1.807) is 0 Å². The minimum absolute atomic E-state index is 0. The number of carbonyl (C=O) groups is 1. The summed E-state index contributed by atoms with van der Waals surface area (Å²) in [6.07, 6.45) is 10.3. The first-order chi connectivity index (χ1) is 14.0. The highest BCUT2D eigenvalue weighted by Crippen LogP contribution is 2.46. The van der Waals surface area contributed by atoms with Crippen LogP contribution < -0.4 is 0 Å². The van der Waals surface area contributed by atoms with Gasteiger partial charge in [-0.05, 0) is 63.2 Å². The third kappa shape index (κ3) is 8.92. The molecule has 1 saturated heterocycles. The molecule has 0 aromatic rings. The molecule has 3 aliphatic rings. The highest BCUT2D eigenvalue weighted by molar-refractivity contribution is 5.85. The third-order valence-electron chi connectivity index (χ3n) is 7.48. The summed E-state index contributed by atoms with van der Waals surface area (Å²) < 4.78 is 22.6. The summed E-state index contributed by atoms with van der Waals surface area (Å²) in [5.41, 5.74) is 0.681. The van der Waals surface area contributed by atoms with Crippen LogP contribution in [0.2, 0.25) is 0 Å². The standard InChI is InChI=1S/C13H24O3.C11H20O2.CH4.ClH/c1-3-12(11-14-4-2)5-7-13(8-6-12)15-9-10-16-13;1-3-11(9-13-4-2)7-5-10(12)6-8-11;;/h3-11H2,1-2H3;3-9H2,1-2H3;1H4;1H. The minimum Gasteiger partial charge on any atom is -0.381 e. The fraction of sp³-hybridized carbons (Fsp3) is 0.960. The lowest BCUT2D eigenvalue weighted by atomic mass is 9.71. The van der Waals surface area contributed by atoms with Gasteiger partial charge in [0.1, 0.15) is 5.78 Å². The number of hydrogen-bond donors (Lipinski definition) is 0. The second-order valence-electron chi connectivity index (χ2n) is 9.13. The molecule has 2 saturated carbocycles. The average Bonchev–Trinajstić information content (AvgIpc) is 3.23. The van der Waals surface area contributed by atoms with Crippen molar-refractivity contribution in [2.75, 3.05) is 39.6 Å². The van der Waals surface area contributed by atoms with Gasteiger partial charge in [0.2, 0.25) is 0 Å². The Morgan fingerprint density at radius 3 is 1.55 bits per heavy atom. The van der Waals surface area contributed by atoms with E-state index in [4.69, 9.17) is 18.9 Å². The molecule has 3 rings (SSSR count). The maximum absolute atomic E-state index is 11.1. The van der Waals surface area contributed by atoms with Crippen molar-refractivity contribution in [1.82, 2.24) is 0 Å². The van der Waals surface area contributed by atoms with Crippen molar-refractivity contribution in [1.29, 1.82) is 0 Å². The molecule has 1 heterocycles. The molecular weight excluding hydrogens is 416 g/mol. The van der Waals surface area contributed by atoms with Gasteiger partial charge >= 0.3 is 0 Å². The molecule has 31 heavy (non-hydrogen) atoms. The molecule has 0 aromatic heterocycles. The van der Waals surface area contributed by atoms with Crippen molar-refractivity contribution >= 4 is 18.2 Å². The predicted octanol–water partition coefficient (Wildman–Crippen LogP) is 6.36. The van der Waals surface area contributed by atoms with E-state index in [0.717, 1.165) is 84.6 Å². The summed E-state index contributed by atoms with van der Waals surface area (Å²) in [6.45, 7) is 13.4. The highest BCUT2D eigenvalue weighted by Gasteiger charge is 2.45. The molecule has 0 bridgehead atoms. The van der Waals surface area contributed by atoms with Gasteiger partial charge in [-0.1, -0.05) is 21.3 Å². The second-order valence-corrected chi connectivity index (χ2v) is 9.13. The molecule has 2 aliphatic carbocycles. The van der Waals surface area contributed by atoms with Gasteiger partial charge in [0.05, 0.1) is 26.4 Å². The van der Waals surface area contributed by atoms with Crippen LogP contribution in [0.4, 0.5) is 0 Å². The van der Waals surface area contributed by atoms with E-state index in [1.807, 2.05) is 6.92 Å². The molecule has 1 spiro atoms. The first kappa shape index (κ1) is 30.8. The summed E-state index contributed by atoms with van der Waals surface area (Å²) in [4.78, 5) is 11.1. The van der Waals surface area contributed by atoms with E-state index in [1.165, 1.54) is 19.3 Å². The lowest BCUT2D eigenvalue weighted by Crippen LogP contribution is -2.41. The van der Waals surface area contributed by atoms with Gasteiger partial charge < -0.3 is 18.9 Å².